The molecule has 150 valence electrons. The van der Waals surface area contributed by atoms with Gasteiger partial charge in [-0.15, -0.1) is 0 Å². The fourth-order valence-electron chi connectivity index (χ4n) is 3.62. The van der Waals surface area contributed by atoms with E-state index in [9.17, 15) is 4.79 Å². The van der Waals surface area contributed by atoms with Crippen molar-refractivity contribution in [2.45, 2.75) is 19.4 Å². The van der Waals surface area contributed by atoms with E-state index in [1.807, 2.05) is 47.4 Å². The topological polar surface area (TPSA) is 71.1 Å². The van der Waals surface area contributed by atoms with Crippen LogP contribution < -0.4 is 4.74 Å². The molecule has 0 atom stereocenters. The van der Waals surface area contributed by atoms with Crippen LogP contribution in [0.15, 0.2) is 60.8 Å². The van der Waals surface area contributed by atoms with Crippen LogP contribution in [-0.2, 0) is 11.3 Å². The molecular formula is C23H19ClN4O2. The maximum Gasteiger partial charge on any atom is 0.222 e. The zero-order chi connectivity index (χ0) is 20.5. The van der Waals surface area contributed by atoms with Gasteiger partial charge in [0.25, 0.3) is 0 Å². The molecular weight excluding hydrogens is 400 g/mol. The third-order valence-electron chi connectivity index (χ3n) is 5.17. The Bertz CT molecular complexity index is 1190. The summed E-state index contributed by atoms with van der Waals surface area (Å²) in [5.41, 5.74) is 3.37. The number of ether oxygens (including phenoxy) is 1. The summed E-state index contributed by atoms with van der Waals surface area (Å²) in [5, 5.41) is 0.647. The molecule has 1 fully saturated rings. The van der Waals surface area contributed by atoms with Crippen molar-refractivity contribution in [3.8, 4) is 22.9 Å². The van der Waals surface area contributed by atoms with E-state index in [1.54, 1.807) is 18.3 Å². The zero-order valence-corrected chi connectivity index (χ0v) is 16.9. The molecule has 0 unspecified atom stereocenters. The number of fused-ring (bicyclic) bond motifs is 1. The second kappa shape index (κ2) is 7.80. The molecule has 30 heavy (non-hydrogen) atoms. The smallest absolute Gasteiger partial charge is 0.222 e. The van der Waals surface area contributed by atoms with E-state index in [-0.39, 0.29) is 5.91 Å². The van der Waals surface area contributed by atoms with Crippen molar-refractivity contribution in [2.75, 3.05) is 6.54 Å². The molecule has 1 saturated heterocycles. The molecule has 0 spiro atoms. The number of nitrogens with one attached hydrogen (secondary N) is 1. The van der Waals surface area contributed by atoms with E-state index >= 15 is 0 Å². The lowest BCUT2D eigenvalue weighted by molar-refractivity contribution is -0.128. The maximum absolute atomic E-state index is 12.1. The third-order valence-corrected chi connectivity index (χ3v) is 5.42. The number of carbonyl (C=O) groups excluding carboxylic acids is 1. The number of nitrogens with zero attached hydrogens (tertiary/aromatic N) is 3. The van der Waals surface area contributed by atoms with Crippen LogP contribution in [0.1, 0.15) is 18.4 Å². The van der Waals surface area contributed by atoms with Gasteiger partial charge in [-0.25, -0.2) is 9.97 Å². The van der Waals surface area contributed by atoms with Crippen molar-refractivity contribution in [3.05, 3.63) is 71.4 Å². The molecule has 0 saturated carbocycles. The quantitative estimate of drug-likeness (QED) is 0.484. The van der Waals surface area contributed by atoms with E-state index in [1.165, 1.54) is 0 Å². The highest BCUT2D eigenvalue weighted by Crippen LogP contribution is 2.32. The molecule has 4 aromatic rings. The molecule has 3 heterocycles. The summed E-state index contributed by atoms with van der Waals surface area (Å²) in [6.45, 7) is 1.29. The number of hydrogen-bond donors (Lipinski definition) is 1. The van der Waals surface area contributed by atoms with Crippen molar-refractivity contribution in [2.24, 2.45) is 0 Å². The number of aromatic nitrogens is 3. The first-order valence-corrected chi connectivity index (χ1v) is 10.2. The Morgan fingerprint density at radius 1 is 1.13 bits per heavy atom. The van der Waals surface area contributed by atoms with Gasteiger partial charge in [0.15, 0.2) is 5.65 Å². The highest BCUT2D eigenvalue weighted by Gasteiger charge is 2.22. The van der Waals surface area contributed by atoms with Crippen LogP contribution in [0.2, 0.25) is 5.02 Å². The highest BCUT2D eigenvalue weighted by molar-refractivity contribution is 6.30. The van der Waals surface area contributed by atoms with Crippen molar-refractivity contribution < 1.29 is 9.53 Å². The van der Waals surface area contributed by atoms with E-state index in [0.717, 1.165) is 29.6 Å². The van der Waals surface area contributed by atoms with Crippen LogP contribution in [-0.4, -0.2) is 32.3 Å². The van der Waals surface area contributed by atoms with Crippen LogP contribution in [0, 0.1) is 0 Å². The summed E-state index contributed by atoms with van der Waals surface area (Å²) in [5.74, 6) is 2.26. The number of pyridine rings is 1. The number of hydrogen-bond acceptors (Lipinski definition) is 4. The van der Waals surface area contributed by atoms with Gasteiger partial charge < -0.3 is 14.6 Å². The number of benzene rings is 2. The van der Waals surface area contributed by atoms with Gasteiger partial charge in [-0.3, -0.25) is 4.79 Å². The van der Waals surface area contributed by atoms with Crippen molar-refractivity contribution >= 4 is 28.7 Å². The van der Waals surface area contributed by atoms with E-state index in [2.05, 4.69) is 15.0 Å². The van der Waals surface area contributed by atoms with Crippen LogP contribution in [0.5, 0.6) is 11.5 Å². The van der Waals surface area contributed by atoms with E-state index < -0.39 is 0 Å². The normalized spacial score (nSPS) is 13.9. The molecule has 0 aliphatic carbocycles. The first-order chi connectivity index (χ1) is 14.7. The fraction of sp³-hybridized carbons (Fsp3) is 0.174. The molecule has 0 bridgehead atoms. The van der Waals surface area contributed by atoms with Gasteiger partial charge in [-0.1, -0.05) is 23.7 Å². The molecule has 2 aromatic carbocycles. The van der Waals surface area contributed by atoms with Crippen molar-refractivity contribution in [3.63, 3.8) is 0 Å². The molecule has 6 nitrogen and oxygen atoms in total. The van der Waals surface area contributed by atoms with Crippen molar-refractivity contribution in [1.29, 1.82) is 0 Å². The molecule has 2 aromatic heterocycles. The first kappa shape index (κ1) is 18.6. The second-order valence-corrected chi connectivity index (χ2v) is 7.69. The minimum absolute atomic E-state index is 0.180. The number of rotatable bonds is 5. The van der Waals surface area contributed by atoms with Crippen LogP contribution >= 0.6 is 11.6 Å². The number of imidazole rings is 1. The molecule has 1 N–H and O–H groups in total. The van der Waals surface area contributed by atoms with Gasteiger partial charge in [0, 0.05) is 41.9 Å². The van der Waals surface area contributed by atoms with Gasteiger partial charge in [-0.05, 0) is 48.9 Å². The predicted octanol–water partition coefficient (Wildman–Crippen LogP) is 5.19. The predicted molar refractivity (Wildman–Crippen MR) is 116 cm³/mol. The van der Waals surface area contributed by atoms with Crippen LogP contribution in [0.25, 0.3) is 22.6 Å². The Labute approximate surface area is 178 Å². The number of aromatic amines is 1. The van der Waals surface area contributed by atoms with Gasteiger partial charge >= 0.3 is 0 Å². The number of likely N-dealkylation sites (tertiary alicyclic amines) is 1. The highest BCUT2D eigenvalue weighted by atomic mass is 35.5. The average Bonchev–Trinajstić information content (AvgIpc) is 3.37. The average molecular weight is 419 g/mol. The third kappa shape index (κ3) is 3.74. The molecule has 1 amide bonds. The van der Waals surface area contributed by atoms with E-state index in [0.29, 0.717) is 41.0 Å². The Balaban J connectivity index is 1.52. The fourth-order valence-corrected chi connectivity index (χ4v) is 3.74. The SMILES string of the molecule is O=C1CCCN1Cc1ccc(-c2nc3ncccc3[nH]2)cc1Oc1ccc(Cl)cc1. The Hall–Kier alpha value is -3.38. The molecule has 1 aliphatic rings. The molecule has 7 heteroatoms. The van der Waals surface area contributed by atoms with Gasteiger partial charge in [0.05, 0.1) is 5.52 Å². The zero-order valence-electron chi connectivity index (χ0n) is 16.1. The van der Waals surface area contributed by atoms with Crippen molar-refractivity contribution in [1.82, 2.24) is 19.9 Å². The summed E-state index contributed by atoms with van der Waals surface area (Å²) in [4.78, 5) is 26.2. The monoisotopic (exact) mass is 418 g/mol. The largest absolute Gasteiger partial charge is 0.457 e. The molecule has 5 rings (SSSR count). The summed E-state index contributed by atoms with van der Waals surface area (Å²) in [6, 6.07) is 17.0. The number of amides is 1. The summed E-state index contributed by atoms with van der Waals surface area (Å²) >= 11 is 6.00. The van der Waals surface area contributed by atoms with Gasteiger partial charge in [-0.2, -0.15) is 0 Å². The summed E-state index contributed by atoms with van der Waals surface area (Å²) in [7, 11) is 0. The Morgan fingerprint density at radius 2 is 2.00 bits per heavy atom. The van der Waals surface area contributed by atoms with E-state index in [4.69, 9.17) is 16.3 Å². The first-order valence-electron chi connectivity index (χ1n) is 9.81. The maximum atomic E-state index is 12.1. The van der Waals surface area contributed by atoms with Crippen LogP contribution in [0.4, 0.5) is 0 Å². The minimum Gasteiger partial charge on any atom is -0.457 e. The second-order valence-electron chi connectivity index (χ2n) is 7.26. The van der Waals surface area contributed by atoms with Gasteiger partial charge in [0.2, 0.25) is 5.91 Å². The Kier molecular flexibility index (Phi) is 4.85. The molecule has 1 aliphatic heterocycles. The number of carbonyl (C=O) groups is 1. The lowest BCUT2D eigenvalue weighted by Gasteiger charge is -2.19. The lowest BCUT2D eigenvalue weighted by Crippen LogP contribution is -2.24. The standard InChI is InChI=1S/C23H19ClN4O2/c24-17-7-9-18(10-8-17)30-20-13-15(22-26-19-3-1-11-25-23(19)27-22)5-6-16(20)14-28-12-2-4-21(28)29/h1,3,5-11,13H,2,4,12,14H2,(H,25,26,27). The van der Waals surface area contributed by atoms with Gasteiger partial charge in [0.1, 0.15) is 17.3 Å². The Morgan fingerprint density at radius 3 is 2.77 bits per heavy atom. The lowest BCUT2D eigenvalue weighted by atomic mass is 10.1. The number of H-pyrrole nitrogens is 1. The summed E-state index contributed by atoms with van der Waals surface area (Å²) < 4.78 is 6.19. The van der Waals surface area contributed by atoms with Crippen LogP contribution in [0.3, 0.4) is 0 Å². The number of halogens is 1. The minimum atomic E-state index is 0.180. The molecule has 0 radical (unpaired) electrons. The summed E-state index contributed by atoms with van der Waals surface area (Å²) in [6.07, 6.45) is 3.23.